The van der Waals surface area contributed by atoms with Crippen LogP contribution < -0.4 is 40.2 Å². The summed E-state index contributed by atoms with van der Waals surface area (Å²) in [5.41, 5.74) is 4.95. The van der Waals surface area contributed by atoms with Gasteiger partial charge in [-0.15, -0.1) is 0 Å². The second kappa shape index (κ2) is 41.2. The highest BCUT2D eigenvalue weighted by atomic mass is 32.2. The first-order valence-electron chi connectivity index (χ1n) is 43.1. The lowest BCUT2D eigenvalue weighted by Gasteiger charge is -2.29. The monoisotopic (exact) mass is 1890 g/mol. The lowest BCUT2D eigenvalue weighted by molar-refractivity contribution is -0.890. The Bertz CT molecular complexity index is 6380. The molecule has 8 aromatic carbocycles. The van der Waals surface area contributed by atoms with Crippen molar-refractivity contribution in [3.8, 4) is 91.5 Å². The molecule has 2 aliphatic heterocycles. The first-order chi connectivity index (χ1) is 62.4. The zero-order chi connectivity index (χ0) is 94.6. The van der Waals surface area contributed by atoms with E-state index < -0.39 is 40.5 Å². The van der Waals surface area contributed by atoms with Crippen molar-refractivity contribution in [2.75, 3.05) is 158 Å². The van der Waals surface area contributed by atoms with Gasteiger partial charge in [-0.1, -0.05) is 0 Å². The topological polar surface area (TPSA) is 480 Å². The lowest BCUT2D eigenvalue weighted by atomic mass is 10.1. The second-order valence-corrected chi connectivity index (χ2v) is 41.8. The average molecular weight is 1890 g/mol. The number of hydrogen-bond acceptors (Lipinski definition) is 22. The van der Waals surface area contributed by atoms with Gasteiger partial charge in [-0.05, 0) is 170 Å². The molecule has 5 heterocycles. The lowest BCUT2D eigenvalue weighted by Crippen LogP contribution is -2.43. The number of amides is 4. The van der Waals surface area contributed by atoms with Gasteiger partial charge in [-0.2, -0.15) is 33.7 Å². The molecule has 0 fully saturated rings. The highest BCUT2D eigenvalue weighted by Crippen LogP contribution is 2.42. The van der Waals surface area contributed by atoms with Crippen LogP contribution >= 0.6 is 0 Å². The Morgan fingerprint density at radius 1 is 0.273 bits per heavy atom. The van der Waals surface area contributed by atoms with E-state index in [1.807, 2.05) is 80.6 Å². The van der Waals surface area contributed by atoms with Crippen molar-refractivity contribution in [3.05, 3.63) is 192 Å². The fraction of sp³-hybridized carbons (Fsp3) is 0.348. The van der Waals surface area contributed by atoms with Gasteiger partial charge in [0, 0.05) is 144 Å². The van der Waals surface area contributed by atoms with Crippen LogP contribution in [0.15, 0.2) is 170 Å². The molecular formula is C92H110N16O20S4+4. The van der Waals surface area contributed by atoms with Crippen LogP contribution in [0.3, 0.4) is 0 Å². The van der Waals surface area contributed by atoms with E-state index in [1.54, 1.807) is 146 Å². The Hall–Kier alpha value is -12.3. The van der Waals surface area contributed by atoms with Gasteiger partial charge >= 0.3 is 0 Å². The van der Waals surface area contributed by atoms with Crippen LogP contribution in [-0.2, 0) is 40.5 Å². The van der Waals surface area contributed by atoms with Crippen molar-refractivity contribution < 1.29 is 108 Å². The molecule has 8 bridgehead atoms. The number of H-pyrrole nitrogens is 2. The van der Waals surface area contributed by atoms with E-state index in [-0.39, 0.29) is 69.9 Å². The number of carbonyl (C=O) groups excluding carboxylic acids is 4. The molecular weight excluding hydrogens is 1780 g/mol. The van der Waals surface area contributed by atoms with Crippen molar-refractivity contribution in [2.45, 2.75) is 51.4 Å². The van der Waals surface area contributed by atoms with Crippen molar-refractivity contribution in [1.29, 1.82) is 0 Å². The van der Waals surface area contributed by atoms with Crippen molar-refractivity contribution in [1.82, 2.24) is 61.1 Å². The van der Waals surface area contributed by atoms with Crippen LogP contribution in [0, 0.1) is 0 Å². The van der Waals surface area contributed by atoms with Gasteiger partial charge in [0.05, 0.1) is 132 Å². The standard InChI is InChI=1S/C92H106N16O20S4/c1-105(2,49-13-53-129(113,114)115)45-9-41-93-89(109)61-17-25-65(26-18-61)125-69-33-37-73-77(57-69)85-97-81(73)102-86-79-59-71(127-67-29-21-63(22-30-67)91(111)95-43-11-47-107(5,6)51-15-55-131(119,120)121)35-39-75(79)83(99-86)104-88-80-60-72(128-68-31-23-64(24-32-68)92(112)96-44-12-48-108(7,8)52-16-56-132(122,123)124)36-40-76(80)84(100-88)103-87-78-58-70(34-38-74(78)82(98-87)101-85)126-66-27-19-62(20-28-66)90(110)94-42-10-46-106(3,4)50-14-54-130(116,117)118/h17-40,57-60H,9-16,41-56H2,1-8H3,(H6-4,93,94,95,96,97,98,99,100,101,102,103,104,109,110,111,112,113,114,115,116,117,118,119,120,121,122,123,124)/p+4. The summed E-state index contributed by atoms with van der Waals surface area (Å²) < 4.78 is 156. The minimum atomic E-state index is -4.07. The van der Waals surface area contributed by atoms with Gasteiger partial charge in [0.15, 0.2) is 23.3 Å². The van der Waals surface area contributed by atoms with Crippen LogP contribution in [0.2, 0.25) is 0 Å². The second-order valence-electron chi connectivity index (χ2n) is 35.5. The Kier molecular flexibility index (Phi) is 30.4. The van der Waals surface area contributed by atoms with Gasteiger partial charge in [-0.3, -0.25) is 37.4 Å². The summed E-state index contributed by atoms with van der Waals surface area (Å²) in [6.45, 7) is 6.14. The molecule has 0 unspecified atom stereocenters. The molecule has 40 heteroatoms. The van der Waals surface area contributed by atoms with E-state index in [1.165, 1.54) is 0 Å². The van der Waals surface area contributed by atoms with E-state index in [0.717, 1.165) is 0 Å². The summed E-state index contributed by atoms with van der Waals surface area (Å²) in [6.07, 6.45) is 3.62. The highest BCUT2D eigenvalue weighted by molar-refractivity contribution is 7.86. The molecule has 0 aliphatic carbocycles. The van der Waals surface area contributed by atoms with E-state index in [4.69, 9.17) is 48.9 Å². The Morgan fingerprint density at radius 3 is 0.735 bits per heavy atom. The number of quaternary nitrogens is 4. The maximum absolute atomic E-state index is 13.5. The quantitative estimate of drug-likeness (QED) is 0.00963. The summed E-state index contributed by atoms with van der Waals surface area (Å²) in [4.78, 5) is 92.5. The van der Waals surface area contributed by atoms with E-state index >= 15 is 0 Å². The molecule has 698 valence electrons. The predicted molar refractivity (Wildman–Crippen MR) is 501 cm³/mol. The van der Waals surface area contributed by atoms with Crippen molar-refractivity contribution in [2.24, 2.45) is 0 Å². The fourth-order valence-electron chi connectivity index (χ4n) is 15.6. The first kappa shape index (κ1) is 97.2. The maximum Gasteiger partial charge on any atom is 0.265 e. The number of aromatic nitrogens is 8. The zero-order valence-electron chi connectivity index (χ0n) is 74.6. The highest BCUT2D eigenvalue weighted by Gasteiger charge is 2.28. The fourth-order valence-corrected chi connectivity index (χ4v) is 17.6. The molecule has 11 aromatic rings. The minimum Gasteiger partial charge on any atom is -0.457 e. The number of benzene rings is 8. The maximum atomic E-state index is 13.5. The van der Waals surface area contributed by atoms with E-state index in [2.05, 4.69) is 31.2 Å². The molecule has 0 saturated heterocycles. The third kappa shape index (κ3) is 27.9. The summed E-state index contributed by atoms with van der Waals surface area (Å²) in [7, 11) is -0.641. The van der Waals surface area contributed by atoms with Crippen LogP contribution in [0.25, 0.3) is 89.7 Å². The summed E-state index contributed by atoms with van der Waals surface area (Å²) >= 11 is 0. The third-order valence-corrected chi connectivity index (χ3v) is 25.9. The molecule has 0 atom stereocenters. The van der Waals surface area contributed by atoms with Gasteiger partial charge in [0.1, 0.15) is 68.6 Å². The van der Waals surface area contributed by atoms with Gasteiger partial charge in [0.25, 0.3) is 64.1 Å². The van der Waals surface area contributed by atoms with Crippen LogP contribution in [0.1, 0.15) is 92.8 Å². The molecule has 0 spiro atoms. The number of aromatic amines is 2. The van der Waals surface area contributed by atoms with Crippen molar-refractivity contribution >= 4 is 108 Å². The predicted octanol–water partition coefficient (Wildman–Crippen LogP) is 11.9. The minimum absolute atomic E-state index is 0.215. The number of nitrogens with zero attached hydrogens (tertiary/aromatic N) is 10. The summed E-state index contributed by atoms with van der Waals surface area (Å²) in [6, 6.07) is 48.2. The zero-order valence-corrected chi connectivity index (χ0v) is 77.8. The Morgan fingerprint density at radius 2 is 0.485 bits per heavy atom. The number of rotatable bonds is 44. The average Bonchev–Trinajstić information content (AvgIpc) is 1.59. The molecule has 3 aromatic heterocycles. The number of fused-ring (bicyclic) bond motifs is 20. The molecule has 0 saturated carbocycles. The molecule has 13 rings (SSSR count). The molecule has 36 nitrogen and oxygen atoms in total. The number of nitrogens with one attached hydrogen (secondary N) is 6. The summed E-state index contributed by atoms with van der Waals surface area (Å²) in [5.74, 6) is 1.57. The Labute approximate surface area is 765 Å². The first-order valence-corrected chi connectivity index (χ1v) is 49.5. The SMILES string of the molecule is C[N+](C)(CCCNC(=O)c1ccc(Oc2ccc3c(c2)-c2nc-3nc3[nH]c(nc4nc(nc5[nH]c(n2)c2ccc(Oc6ccc(C(=O)NCCC[N+](C)(C)CCCS(=O)(=O)O)cc6)cc52)-c2ccc(Oc5ccc(C(=O)NCCC[N+](C)(C)CCCS(=O)(=O)O)cc5)cc2-4)c2ccc(Oc4ccc(C(=O)NCCC[N+](C)(C)CCCS(=O)(=O)O)cc4)cc32)cc1)CCCS(=O)(=O)O. The number of carbonyl (C=O) groups is 4. The van der Waals surface area contributed by atoms with Gasteiger partial charge in [0.2, 0.25) is 0 Å². The largest absolute Gasteiger partial charge is 0.457 e. The normalized spacial score (nSPS) is 12.6. The van der Waals surface area contributed by atoms with Gasteiger partial charge in [-0.25, -0.2) is 29.9 Å². The molecule has 0 radical (unpaired) electrons. The van der Waals surface area contributed by atoms with Crippen LogP contribution in [0.5, 0.6) is 46.0 Å². The van der Waals surface area contributed by atoms with Crippen molar-refractivity contribution in [3.63, 3.8) is 0 Å². The molecule has 10 N–H and O–H groups in total. The third-order valence-electron chi connectivity index (χ3n) is 22.7. The van der Waals surface area contributed by atoms with Crippen LogP contribution in [-0.4, -0.2) is 291 Å². The number of hydrogen-bond donors (Lipinski definition) is 10. The molecule has 2 aliphatic rings. The number of ether oxygens (including phenoxy) is 4. The van der Waals surface area contributed by atoms with Gasteiger partial charge < -0.3 is 68.1 Å². The smallest absolute Gasteiger partial charge is 0.265 e. The Balaban J connectivity index is 0.843. The molecule has 4 amide bonds. The van der Waals surface area contributed by atoms with Crippen LogP contribution in [0.4, 0.5) is 0 Å². The molecule has 132 heavy (non-hydrogen) atoms. The van der Waals surface area contributed by atoms with E-state index in [0.29, 0.717) is 282 Å². The summed E-state index contributed by atoms with van der Waals surface area (Å²) in [5, 5.41) is 14.1. The van der Waals surface area contributed by atoms with E-state index in [9.17, 15) is 71.1 Å².